The molecule has 0 unspecified atom stereocenters. The van der Waals surface area contributed by atoms with Gasteiger partial charge < -0.3 is 10.4 Å². The van der Waals surface area contributed by atoms with Gasteiger partial charge in [-0.3, -0.25) is 14.0 Å². The van der Waals surface area contributed by atoms with E-state index in [0.717, 1.165) is 0 Å². The summed E-state index contributed by atoms with van der Waals surface area (Å²) in [6.45, 7) is 3.71. The van der Waals surface area contributed by atoms with Gasteiger partial charge in [0.05, 0.1) is 0 Å². The molecule has 0 aliphatic carbocycles. The zero-order valence-corrected chi connectivity index (χ0v) is 12.4. The fraction of sp³-hybridized carbons (Fsp3) is 0.385. The van der Waals surface area contributed by atoms with Gasteiger partial charge in [0.15, 0.2) is 4.96 Å². The molecule has 0 bridgehead atoms. The Morgan fingerprint density at radius 1 is 1.48 bits per heavy atom. The quantitative estimate of drug-likeness (QED) is 0.857. The molecule has 1 amide bonds. The summed E-state index contributed by atoms with van der Waals surface area (Å²) in [5.41, 5.74) is -0.673. The van der Waals surface area contributed by atoms with Crippen molar-refractivity contribution in [1.29, 1.82) is 0 Å². The van der Waals surface area contributed by atoms with E-state index in [-0.39, 0.29) is 17.9 Å². The molecule has 0 aliphatic rings. The van der Waals surface area contributed by atoms with Gasteiger partial charge in [-0.05, 0) is 12.3 Å². The lowest BCUT2D eigenvalue weighted by atomic mass is 10.0. The van der Waals surface area contributed by atoms with Gasteiger partial charge in [0, 0.05) is 17.8 Å². The number of hydrogen-bond acceptors (Lipinski definition) is 5. The summed E-state index contributed by atoms with van der Waals surface area (Å²) in [4.78, 5) is 39.9. The second-order valence-corrected chi connectivity index (χ2v) is 5.90. The molecule has 0 aromatic carbocycles. The van der Waals surface area contributed by atoms with Crippen LogP contribution in [0.1, 0.15) is 30.6 Å². The lowest BCUT2D eigenvalue weighted by Crippen LogP contribution is -2.43. The number of carbonyl (C=O) groups excluding carboxylic acids is 1. The standard InChI is InChI=1S/C13H15N3O4S/c1-7(2)5-9(12(19)20)15-10(17)8-6-14-13-16(11(8)18)3-4-21-13/h3-4,6-7,9H,5H2,1-2H3,(H,15,17)(H,19,20)/t9-/m0/s1. The van der Waals surface area contributed by atoms with Crippen LogP contribution in [0.3, 0.4) is 0 Å². The molecule has 2 heterocycles. The number of nitrogens with zero attached hydrogens (tertiary/aromatic N) is 2. The number of thiazole rings is 1. The van der Waals surface area contributed by atoms with Crippen LogP contribution >= 0.6 is 11.3 Å². The fourth-order valence-corrected chi connectivity index (χ4v) is 2.58. The lowest BCUT2D eigenvalue weighted by Gasteiger charge is -2.16. The number of hydrogen-bond donors (Lipinski definition) is 2. The molecule has 21 heavy (non-hydrogen) atoms. The SMILES string of the molecule is CC(C)C[C@H](NC(=O)c1cnc2sccn2c1=O)C(=O)O. The monoisotopic (exact) mass is 309 g/mol. The van der Waals surface area contributed by atoms with Crippen LogP contribution in [-0.2, 0) is 4.79 Å². The van der Waals surface area contributed by atoms with Crippen LogP contribution in [0.2, 0.25) is 0 Å². The fourth-order valence-electron chi connectivity index (χ4n) is 1.91. The Labute approximate surface area is 124 Å². The van der Waals surface area contributed by atoms with Crippen LogP contribution in [0.5, 0.6) is 0 Å². The first-order valence-corrected chi connectivity index (χ1v) is 7.26. The van der Waals surface area contributed by atoms with E-state index in [0.29, 0.717) is 4.96 Å². The van der Waals surface area contributed by atoms with Gasteiger partial charge in [-0.15, -0.1) is 11.3 Å². The smallest absolute Gasteiger partial charge is 0.326 e. The first-order valence-electron chi connectivity index (χ1n) is 6.38. The molecule has 2 rings (SSSR count). The molecule has 0 aliphatic heterocycles. The molecule has 0 radical (unpaired) electrons. The van der Waals surface area contributed by atoms with E-state index in [9.17, 15) is 14.4 Å². The van der Waals surface area contributed by atoms with Crippen molar-refractivity contribution in [3.63, 3.8) is 0 Å². The van der Waals surface area contributed by atoms with Crippen LogP contribution < -0.4 is 10.9 Å². The van der Waals surface area contributed by atoms with E-state index >= 15 is 0 Å². The summed E-state index contributed by atoms with van der Waals surface area (Å²) >= 11 is 1.28. The van der Waals surface area contributed by atoms with Crippen LogP contribution in [-0.4, -0.2) is 32.4 Å². The summed E-state index contributed by atoms with van der Waals surface area (Å²) in [5, 5.41) is 13.2. The molecule has 0 saturated heterocycles. The maximum Gasteiger partial charge on any atom is 0.326 e. The second-order valence-electron chi connectivity index (χ2n) is 5.03. The highest BCUT2D eigenvalue weighted by Crippen LogP contribution is 2.08. The lowest BCUT2D eigenvalue weighted by molar-refractivity contribution is -0.139. The third-order valence-corrected chi connectivity index (χ3v) is 3.67. The highest BCUT2D eigenvalue weighted by atomic mass is 32.1. The molecule has 2 aromatic heterocycles. The first kappa shape index (κ1) is 15.2. The van der Waals surface area contributed by atoms with Gasteiger partial charge in [-0.25, -0.2) is 9.78 Å². The van der Waals surface area contributed by atoms with E-state index in [4.69, 9.17) is 5.11 Å². The second kappa shape index (κ2) is 6.04. The molecular formula is C13H15N3O4S. The summed E-state index contributed by atoms with van der Waals surface area (Å²) in [5.74, 6) is -1.74. The van der Waals surface area contributed by atoms with Crippen molar-refractivity contribution in [2.45, 2.75) is 26.3 Å². The Bertz CT molecular complexity index is 734. The molecule has 0 fully saturated rings. The Morgan fingerprint density at radius 2 is 2.19 bits per heavy atom. The number of carbonyl (C=O) groups is 2. The van der Waals surface area contributed by atoms with E-state index < -0.39 is 23.5 Å². The van der Waals surface area contributed by atoms with Crippen LogP contribution in [0.4, 0.5) is 0 Å². The minimum absolute atomic E-state index is 0.102. The summed E-state index contributed by atoms with van der Waals surface area (Å²) in [7, 11) is 0. The molecule has 0 saturated carbocycles. The average molecular weight is 309 g/mol. The van der Waals surface area contributed by atoms with Gasteiger partial charge in [-0.1, -0.05) is 13.8 Å². The largest absolute Gasteiger partial charge is 0.480 e. The van der Waals surface area contributed by atoms with Crippen molar-refractivity contribution in [3.05, 3.63) is 33.7 Å². The van der Waals surface area contributed by atoms with Crippen LogP contribution in [0.15, 0.2) is 22.6 Å². The van der Waals surface area contributed by atoms with Gasteiger partial charge in [0.2, 0.25) is 0 Å². The van der Waals surface area contributed by atoms with Crippen molar-refractivity contribution >= 4 is 28.2 Å². The third kappa shape index (κ3) is 3.27. The van der Waals surface area contributed by atoms with Crippen molar-refractivity contribution in [1.82, 2.24) is 14.7 Å². The number of carboxylic acid groups (broad SMARTS) is 1. The molecule has 8 heteroatoms. The molecular weight excluding hydrogens is 294 g/mol. The predicted molar refractivity (Wildman–Crippen MR) is 77.7 cm³/mol. The van der Waals surface area contributed by atoms with Crippen molar-refractivity contribution < 1.29 is 14.7 Å². The minimum Gasteiger partial charge on any atom is -0.480 e. The Morgan fingerprint density at radius 3 is 2.81 bits per heavy atom. The van der Waals surface area contributed by atoms with Gasteiger partial charge in [-0.2, -0.15) is 0 Å². The Kier molecular flexibility index (Phi) is 4.37. The number of amides is 1. The highest BCUT2D eigenvalue weighted by molar-refractivity contribution is 7.15. The van der Waals surface area contributed by atoms with E-state index in [1.165, 1.54) is 28.1 Å². The predicted octanol–water partition coefficient (Wildman–Crippen LogP) is 0.985. The topological polar surface area (TPSA) is 101 Å². The molecule has 2 N–H and O–H groups in total. The number of fused-ring (bicyclic) bond motifs is 1. The zero-order chi connectivity index (χ0) is 15.6. The van der Waals surface area contributed by atoms with Crippen LogP contribution in [0.25, 0.3) is 4.96 Å². The number of aromatic nitrogens is 2. The maximum absolute atomic E-state index is 12.1. The van der Waals surface area contributed by atoms with Gasteiger partial charge in [0.25, 0.3) is 11.5 Å². The molecule has 1 atom stereocenters. The third-order valence-electron chi connectivity index (χ3n) is 2.90. The molecule has 2 aromatic rings. The van der Waals surface area contributed by atoms with Gasteiger partial charge >= 0.3 is 5.97 Å². The number of aliphatic carboxylic acids is 1. The van der Waals surface area contributed by atoms with E-state index in [1.54, 1.807) is 5.38 Å². The molecule has 7 nitrogen and oxygen atoms in total. The average Bonchev–Trinajstić information content (AvgIpc) is 2.86. The van der Waals surface area contributed by atoms with E-state index in [2.05, 4.69) is 10.3 Å². The van der Waals surface area contributed by atoms with Crippen molar-refractivity contribution in [3.8, 4) is 0 Å². The minimum atomic E-state index is -1.12. The first-order chi connectivity index (χ1) is 9.90. The highest BCUT2D eigenvalue weighted by Gasteiger charge is 2.23. The van der Waals surface area contributed by atoms with Crippen LogP contribution in [0, 0.1) is 5.92 Å². The normalized spacial score (nSPS) is 12.5. The van der Waals surface area contributed by atoms with E-state index in [1.807, 2.05) is 13.8 Å². The Hall–Kier alpha value is -2.22. The van der Waals surface area contributed by atoms with Crippen molar-refractivity contribution in [2.24, 2.45) is 5.92 Å². The van der Waals surface area contributed by atoms with Crippen molar-refractivity contribution in [2.75, 3.05) is 0 Å². The summed E-state index contributed by atoms with van der Waals surface area (Å²) in [6, 6.07) is -1.03. The maximum atomic E-state index is 12.1. The van der Waals surface area contributed by atoms with Gasteiger partial charge in [0.1, 0.15) is 11.6 Å². The molecule has 112 valence electrons. The number of carboxylic acids is 1. The Balaban J connectivity index is 2.27. The summed E-state index contributed by atoms with van der Waals surface area (Å²) < 4.78 is 1.26. The zero-order valence-electron chi connectivity index (χ0n) is 11.6. The number of rotatable bonds is 5. The molecule has 0 spiro atoms. The number of nitrogens with one attached hydrogen (secondary N) is 1. The summed E-state index contributed by atoms with van der Waals surface area (Å²) in [6.07, 6.45) is 2.99.